The number of hydrogen-bond donors (Lipinski definition) is 0. The number of esters is 2. The summed E-state index contributed by atoms with van der Waals surface area (Å²) in [6.07, 6.45) is 1.73. The Morgan fingerprint density at radius 1 is 1.03 bits per heavy atom. The van der Waals surface area contributed by atoms with Crippen molar-refractivity contribution in [1.82, 2.24) is 0 Å². The zero-order valence-corrected chi connectivity index (χ0v) is 18.7. The van der Waals surface area contributed by atoms with Gasteiger partial charge in [0.2, 0.25) is 5.91 Å². The minimum Gasteiger partial charge on any atom is -0.497 e. The van der Waals surface area contributed by atoms with Crippen LogP contribution in [0, 0.1) is 5.92 Å². The van der Waals surface area contributed by atoms with Crippen molar-refractivity contribution in [1.29, 1.82) is 0 Å². The van der Waals surface area contributed by atoms with E-state index in [1.807, 2.05) is 6.92 Å². The van der Waals surface area contributed by atoms with Crippen molar-refractivity contribution in [3.05, 3.63) is 59.7 Å². The van der Waals surface area contributed by atoms with Gasteiger partial charge in [-0.05, 0) is 42.8 Å². The first kappa shape index (κ1) is 24.0. The lowest BCUT2D eigenvalue weighted by atomic mass is 10.1. The van der Waals surface area contributed by atoms with Crippen molar-refractivity contribution < 1.29 is 33.4 Å². The SMILES string of the molecule is CCCCOC(=O)c1ccc(N2C[C@H](C(=O)OCC(=O)c3cccc(OC)c3)CC2=O)cc1. The maximum atomic E-state index is 12.5. The van der Waals surface area contributed by atoms with Crippen molar-refractivity contribution >= 4 is 29.3 Å². The van der Waals surface area contributed by atoms with Crippen molar-refractivity contribution in [3.63, 3.8) is 0 Å². The van der Waals surface area contributed by atoms with Crippen LogP contribution in [0.15, 0.2) is 48.5 Å². The highest BCUT2D eigenvalue weighted by Gasteiger charge is 2.36. The van der Waals surface area contributed by atoms with Crippen LogP contribution >= 0.6 is 0 Å². The molecule has 1 saturated heterocycles. The number of hydrogen-bond acceptors (Lipinski definition) is 7. The second kappa shape index (κ2) is 11.3. The van der Waals surface area contributed by atoms with Gasteiger partial charge in [0.15, 0.2) is 12.4 Å². The van der Waals surface area contributed by atoms with E-state index >= 15 is 0 Å². The highest BCUT2D eigenvalue weighted by atomic mass is 16.5. The normalized spacial score (nSPS) is 15.3. The number of methoxy groups -OCH3 is 1. The summed E-state index contributed by atoms with van der Waals surface area (Å²) in [6, 6.07) is 13.1. The molecule has 1 aliphatic rings. The molecule has 33 heavy (non-hydrogen) atoms. The van der Waals surface area contributed by atoms with Crippen molar-refractivity contribution in [2.45, 2.75) is 26.2 Å². The fraction of sp³-hybridized carbons (Fsp3) is 0.360. The lowest BCUT2D eigenvalue weighted by Gasteiger charge is -2.17. The van der Waals surface area contributed by atoms with E-state index in [9.17, 15) is 19.2 Å². The van der Waals surface area contributed by atoms with Gasteiger partial charge >= 0.3 is 11.9 Å². The lowest BCUT2D eigenvalue weighted by Crippen LogP contribution is -2.27. The lowest BCUT2D eigenvalue weighted by molar-refractivity contribution is -0.147. The summed E-state index contributed by atoms with van der Waals surface area (Å²) in [4.78, 5) is 50.7. The second-order valence-corrected chi connectivity index (χ2v) is 7.70. The number of ketones is 1. The highest BCUT2D eigenvalue weighted by molar-refractivity contribution is 6.01. The molecule has 1 amide bonds. The fourth-order valence-electron chi connectivity index (χ4n) is 3.42. The van der Waals surface area contributed by atoms with Crippen LogP contribution < -0.4 is 9.64 Å². The molecule has 3 rings (SSSR count). The third kappa shape index (κ3) is 6.19. The van der Waals surface area contributed by atoms with Crippen LogP contribution in [0.2, 0.25) is 0 Å². The smallest absolute Gasteiger partial charge is 0.338 e. The van der Waals surface area contributed by atoms with Crippen LogP contribution in [0.3, 0.4) is 0 Å². The van der Waals surface area contributed by atoms with E-state index in [1.165, 1.54) is 12.0 Å². The topological polar surface area (TPSA) is 99.2 Å². The molecule has 0 N–H and O–H groups in total. The standard InChI is InChI=1S/C25H27NO7/c1-3-4-12-32-24(29)17-8-10-20(11-9-17)26-15-19(14-23(26)28)25(30)33-16-22(27)18-6-5-7-21(13-18)31-2/h5-11,13,19H,3-4,12,14-16H2,1-2H3/t19-/m1/s1. The van der Waals surface area contributed by atoms with Gasteiger partial charge < -0.3 is 19.1 Å². The maximum Gasteiger partial charge on any atom is 0.338 e. The van der Waals surface area contributed by atoms with E-state index in [0.29, 0.717) is 29.2 Å². The molecule has 1 aliphatic heterocycles. The maximum absolute atomic E-state index is 12.5. The number of carbonyl (C=O) groups is 4. The summed E-state index contributed by atoms with van der Waals surface area (Å²) in [7, 11) is 1.50. The molecular formula is C25H27NO7. The van der Waals surface area contributed by atoms with Gasteiger partial charge in [0.05, 0.1) is 25.2 Å². The third-order valence-electron chi connectivity index (χ3n) is 5.34. The quantitative estimate of drug-likeness (QED) is 0.309. The van der Waals surface area contributed by atoms with Gasteiger partial charge in [0.1, 0.15) is 5.75 Å². The van der Waals surface area contributed by atoms with E-state index in [2.05, 4.69) is 0 Å². The summed E-state index contributed by atoms with van der Waals surface area (Å²) in [6.45, 7) is 2.11. The molecule has 1 atom stereocenters. The number of unbranched alkanes of at least 4 members (excludes halogenated alkanes) is 1. The Hall–Kier alpha value is -3.68. The summed E-state index contributed by atoms with van der Waals surface area (Å²) in [5, 5.41) is 0. The average Bonchev–Trinajstić information content (AvgIpc) is 3.24. The van der Waals surface area contributed by atoms with Crippen LogP contribution in [0.4, 0.5) is 5.69 Å². The van der Waals surface area contributed by atoms with Gasteiger partial charge in [0.25, 0.3) is 0 Å². The van der Waals surface area contributed by atoms with E-state index < -0.39 is 24.5 Å². The van der Waals surface area contributed by atoms with Crippen LogP contribution in [0.1, 0.15) is 46.9 Å². The van der Waals surface area contributed by atoms with E-state index in [1.54, 1.807) is 48.5 Å². The minimum atomic E-state index is -0.672. The number of benzene rings is 2. The minimum absolute atomic E-state index is 0.00695. The van der Waals surface area contributed by atoms with Gasteiger partial charge in [-0.25, -0.2) is 4.79 Å². The monoisotopic (exact) mass is 453 g/mol. The summed E-state index contributed by atoms with van der Waals surface area (Å²) < 4.78 is 15.4. The third-order valence-corrected chi connectivity index (χ3v) is 5.34. The first-order chi connectivity index (χ1) is 15.9. The molecular weight excluding hydrogens is 426 g/mol. The first-order valence-electron chi connectivity index (χ1n) is 10.8. The van der Waals surface area contributed by atoms with Crippen molar-refractivity contribution in [2.24, 2.45) is 5.92 Å². The number of rotatable bonds is 10. The zero-order valence-electron chi connectivity index (χ0n) is 18.7. The summed E-state index contributed by atoms with van der Waals surface area (Å²) in [5.74, 6) is -1.74. The highest BCUT2D eigenvalue weighted by Crippen LogP contribution is 2.26. The van der Waals surface area contributed by atoms with E-state index in [0.717, 1.165) is 12.8 Å². The van der Waals surface area contributed by atoms with Gasteiger partial charge in [-0.1, -0.05) is 25.5 Å². The molecule has 2 aromatic carbocycles. The second-order valence-electron chi connectivity index (χ2n) is 7.70. The molecule has 0 aromatic heterocycles. The largest absolute Gasteiger partial charge is 0.497 e. The summed E-state index contributed by atoms with van der Waals surface area (Å²) >= 11 is 0. The first-order valence-corrected chi connectivity index (χ1v) is 10.8. The molecule has 0 bridgehead atoms. The number of carbonyl (C=O) groups excluding carboxylic acids is 4. The van der Waals surface area contributed by atoms with E-state index in [-0.39, 0.29) is 24.7 Å². The Labute approximate surface area is 192 Å². The number of nitrogens with zero attached hydrogens (tertiary/aromatic N) is 1. The fourth-order valence-corrected chi connectivity index (χ4v) is 3.42. The summed E-state index contributed by atoms with van der Waals surface area (Å²) in [5.41, 5.74) is 1.35. The van der Waals surface area contributed by atoms with Crippen molar-refractivity contribution in [3.8, 4) is 5.75 Å². The molecule has 0 radical (unpaired) electrons. The van der Waals surface area contributed by atoms with Crippen LogP contribution in [0.5, 0.6) is 5.75 Å². The molecule has 1 fully saturated rings. The number of amides is 1. The van der Waals surface area contributed by atoms with Gasteiger partial charge in [-0.2, -0.15) is 0 Å². The molecule has 2 aromatic rings. The Morgan fingerprint density at radius 3 is 2.48 bits per heavy atom. The van der Waals surface area contributed by atoms with Gasteiger partial charge in [0, 0.05) is 24.2 Å². The molecule has 1 heterocycles. The molecule has 174 valence electrons. The Kier molecular flexibility index (Phi) is 8.18. The molecule has 0 saturated carbocycles. The van der Waals surface area contributed by atoms with Gasteiger partial charge in [-0.3, -0.25) is 14.4 Å². The molecule has 0 unspecified atom stereocenters. The molecule has 8 nitrogen and oxygen atoms in total. The predicted molar refractivity (Wildman–Crippen MR) is 120 cm³/mol. The average molecular weight is 453 g/mol. The van der Waals surface area contributed by atoms with Crippen LogP contribution in [0.25, 0.3) is 0 Å². The zero-order chi connectivity index (χ0) is 23.8. The number of anilines is 1. The number of Topliss-reactive ketones (excluding diaryl/α,β-unsaturated/α-hetero) is 1. The molecule has 0 aliphatic carbocycles. The van der Waals surface area contributed by atoms with Gasteiger partial charge in [-0.15, -0.1) is 0 Å². The van der Waals surface area contributed by atoms with Crippen LogP contribution in [-0.2, 0) is 19.1 Å². The Morgan fingerprint density at radius 2 is 1.79 bits per heavy atom. The Balaban J connectivity index is 1.54. The molecule has 8 heteroatoms. The molecule has 0 spiro atoms. The van der Waals surface area contributed by atoms with Crippen LogP contribution in [-0.4, -0.2) is 50.5 Å². The predicted octanol–water partition coefficient (Wildman–Crippen LogP) is 3.43. The number of ether oxygens (including phenoxy) is 3. The van der Waals surface area contributed by atoms with Crippen molar-refractivity contribution in [2.75, 3.05) is 31.8 Å². The van der Waals surface area contributed by atoms with E-state index in [4.69, 9.17) is 14.2 Å². The Bertz CT molecular complexity index is 1020.